The first-order valence-electron chi connectivity index (χ1n) is 7.23. The van der Waals surface area contributed by atoms with Crippen molar-refractivity contribution in [3.05, 3.63) is 21.9 Å². The van der Waals surface area contributed by atoms with Gasteiger partial charge in [-0.1, -0.05) is 29.6 Å². The van der Waals surface area contributed by atoms with Gasteiger partial charge in [0.1, 0.15) is 28.8 Å². The number of aromatic amines is 1. The lowest BCUT2D eigenvalue weighted by atomic mass is 9.89. The summed E-state index contributed by atoms with van der Waals surface area (Å²) in [5.74, 6) is 0.902. The van der Waals surface area contributed by atoms with Gasteiger partial charge in [0.2, 0.25) is 0 Å². The fourth-order valence-electron chi connectivity index (χ4n) is 2.74. The molecule has 2 aromatic rings. The van der Waals surface area contributed by atoms with Crippen molar-refractivity contribution in [2.45, 2.75) is 32.3 Å². The fourth-order valence-corrected chi connectivity index (χ4v) is 3.13. The maximum atomic E-state index is 11.9. The van der Waals surface area contributed by atoms with Crippen molar-refractivity contribution in [1.29, 1.82) is 0 Å². The SMILES string of the molecule is O=C1CCCC[C@H]1COc1c(Cl)c(Cl)cc2[nH]c(CO)nc12. The number of rotatable bonds is 4. The summed E-state index contributed by atoms with van der Waals surface area (Å²) in [6, 6.07) is 1.64. The lowest BCUT2D eigenvalue weighted by Crippen LogP contribution is -2.25. The molecule has 22 heavy (non-hydrogen) atoms. The van der Waals surface area contributed by atoms with Crippen LogP contribution in [-0.2, 0) is 11.4 Å². The third-order valence-electron chi connectivity index (χ3n) is 3.94. The van der Waals surface area contributed by atoms with Gasteiger partial charge in [-0.25, -0.2) is 4.98 Å². The van der Waals surface area contributed by atoms with Crippen molar-refractivity contribution >= 4 is 40.0 Å². The van der Waals surface area contributed by atoms with Gasteiger partial charge >= 0.3 is 0 Å². The zero-order valence-electron chi connectivity index (χ0n) is 11.9. The van der Waals surface area contributed by atoms with Crippen LogP contribution in [0.4, 0.5) is 0 Å². The molecular weight excluding hydrogens is 327 g/mol. The minimum atomic E-state index is -0.218. The number of hydrogen-bond acceptors (Lipinski definition) is 4. The number of nitrogens with zero attached hydrogens (tertiary/aromatic N) is 1. The van der Waals surface area contributed by atoms with E-state index < -0.39 is 0 Å². The minimum absolute atomic E-state index is 0.102. The second kappa shape index (κ2) is 6.44. The number of Topliss-reactive ketones (excluding diaryl/α,β-unsaturated/α-hetero) is 1. The molecule has 0 radical (unpaired) electrons. The average molecular weight is 343 g/mol. The topological polar surface area (TPSA) is 75.2 Å². The molecule has 1 saturated carbocycles. The van der Waals surface area contributed by atoms with E-state index in [1.807, 2.05) is 0 Å². The first kappa shape index (κ1) is 15.6. The van der Waals surface area contributed by atoms with Crippen LogP contribution in [0.15, 0.2) is 6.07 Å². The van der Waals surface area contributed by atoms with Crippen LogP contribution in [0.5, 0.6) is 5.75 Å². The predicted molar refractivity (Wildman–Crippen MR) is 84.5 cm³/mol. The van der Waals surface area contributed by atoms with E-state index in [9.17, 15) is 9.90 Å². The number of imidazole rings is 1. The monoisotopic (exact) mass is 342 g/mol. The molecule has 7 heteroatoms. The Bertz CT molecular complexity index is 714. The highest BCUT2D eigenvalue weighted by atomic mass is 35.5. The van der Waals surface area contributed by atoms with Crippen molar-refractivity contribution in [3.63, 3.8) is 0 Å². The van der Waals surface area contributed by atoms with Crippen LogP contribution in [0.3, 0.4) is 0 Å². The first-order valence-corrected chi connectivity index (χ1v) is 7.98. The van der Waals surface area contributed by atoms with Gasteiger partial charge in [0.25, 0.3) is 0 Å². The number of H-pyrrole nitrogens is 1. The summed E-state index contributed by atoms with van der Waals surface area (Å²) in [5, 5.41) is 9.80. The summed E-state index contributed by atoms with van der Waals surface area (Å²) in [5.41, 5.74) is 1.16. The van der Waals surface area contributed by atoms with E-state index in [1.54, 1.807) is 6.07 Å². The summed E-state index contributed by atoms with van der Waals surface area (Å²) in [6.45, 7) is 0.0553. The number of fused-ring (bicyclic) bond motifs is 1. The van der Waals surface area contributed by atoms with E-state index in [1.165, 1.54) is 0 Å². The Hall–Kier alpha value is -1.30. The summed E-state index contributed by atoms with van der Waals surface area (Å²) in [7, 11) is 0. The predicted octanol–water partition coefficient (Wildman–Crippen LogP) is 3.50. The Labute approximate surface area is 137 Å². The molecule has 0 bridgehead atoms. The molecule has 0 spiro atoms. The number of aliphatic hydroxyl groups is 1. The average Bonchev–Trinajstić information content (AvgIpc) is 2.92. The maximum absolute atomic E-state index is 11.9. The van der Waals surface area contributed by atoms with Crippen LogP contribution in [-0.4, -0.2) is 27.5 Å². The van der Waals surface area contributed by atoms with Gasteiger partial charge in [-0.2, -0.15) is 0 Å². The largest absolute Gasteiger partial charge is 0.489 e. The van der Waals surface area contributed by atoms with Gasteiger partial charge in [0.15, 0.2) is 5.75 Å². The standard InChI is InChI=1S/C15H16Cl2N2O3/c16-9-5-10-14(19-12(6-20)18-10)15(13(9)17)22-7-8-3-1-2-4-11(8)21/h5,8,20H,1-4,6-7H2,(H,18,19)/t8-/m0/s1. The molecular formula is C15H16Cl2N2O3. The third kappa shape index (κ3) is 2.93. The Morgan fingerprint density at radius 1 is 1.41 bits per heavy atom. The molecule has 1 aromatic heterocycles. The van der Waals surface area contributed by atoms with Crippen LogP contribution < -0.4 is 4.74 Å². The minimum Gasteiger partial charge on any atom is -0.489 e. The quantitative estimate of drug-likeness (QED) is 0.891. The van der Waals surface area contributed by atoms with Crippen LogP contribution in [0.25, 0.3) is 11.0 Å². The molecule has 1 atom stereocenters. The van der Waals surface area contributed by atoms with Gasteiger partial charge in [0, 0.05) is 6.42 Å². The van der Waals surface area contributed by atoms with Gasteiger partial charge < -0.3 is 14.8 Å². The lowest BCUT2D eigenvalue weighted by molar-refractivity contribution is -0.125. The van der Waals surface area contributed by atoms with E-state index in [4.69, 9.17) is 27.9 Å². The van der Waals surface area contributed by atoms with Crippen molar-refractivity contribution in [1.82, 2.24) is 9.97 Å². The highest BCUT2D eigenvalue weighted by Gasteiger charge is 2.24. The number of nitrogens with one attached hydrogen (secondary N) is 1. The smallest absolute Gasteiger partial charge is 0.167 e. The summed E-state index contributed by atoms with van der Waals surface area (Å²) >= 11 is 12.3. The Morgan fingerprint density at radius 3 is 2.95 bits per heavy atom. The van der Waals surface area contributed by atoms with E-state index in [0.717, 1.165) is 19.3 Å². The Kier molecular flexibility index (Phi) is 4.57. The Balaban J connectivity index is 1.89. The van der Waals surface area contributed by atoms with Gasteiger partial charge in [-0.05, 0) is 18.9 Å². The number of halogens is 2. The summed E-state index contributed by atoms with van der Waals surface area (Å²) in [6.07, 6.45) is 3.44. The van der Waals surface area contributed by atoms with Gasteiger partial charge in [-0.3, -0.25) is 4.79 Å². The molecule has 2 N–H and O–H groups in total. The van der Waals surface area contributed by atoms with Crippen molar-refractivity contribution in [2.75, 3.05) is 6.61 Å². The second-order valence-electron chi connectivity index (χ2n) is 5.46. The van der Waals surface area contributed by atoms with Crippen LogP contribution in [0.1, 0.15) is 31.5 Å². The zero-order valence-corrected chi connectivity index (χ0v) is 13.4. The highest BCUT2D eigenvalue weighted by Crippen LogP contribution is 2.38. The van der Waals surface area contributed by atoms with Gasteiger partial charge in [-0.15, -0.1) is 0 Å². The van der Waals surface area contributed by atoms with Crippen molar-refractivity contribution in [2.24, 2.45) is 5.92 Å². The Morgan fingerprint density at radius 2 is 2.23 bits per heavy atom. The molecule has 1 aromatic carbocycles. The molecule has 1 aliphatic carbocycles. The number of ketones is 1. The molecule has 0 saturated heterocycles. The zero-order chi connectivity index (χ0) is 15.7. The number of carbonyl (C=O) groups is 1. The van der Waals surface area contributed by atoms with Crippen molar-refractivity contribution < 1.29 is 14.6 Å². The molecule has 0 unspecified atom stereocenters. The summed E-state index contributed by atoms with van der Waals surface area (Å²) in [4.78, 5) is 19.1. The first-order chi connectivity index (χ1) is 10.6. The van der Waals surface area contributed by atoms with E-state index >= 15 is 0 Å². The normalized spacial score (nSPS) is 18.9. The third-order valence-corrected chi connectivity index (χ3v) is 4.71. The lowest BCUT2D eigenvalue weighted by Gasteiger charge is -2.21. The maximum Gasteiger partial charge on any atom is 0.167 e. The van der Waals surface area contributed by atoms with Crippen molar-refractivity contribution in [3.8, 4) is 5.75 Å². The number of aromatic nitrogens is 2. The number of ether oxygens (including phenoxy) is 1. The molecule has 118 valence electrons. The van der Waals surface area contributed by atoms with Crippen LogP contribution >= 0.6 is 23.2 Å². The number of hydrogen-bond donors (Lipinski definition) is 2. The number of aliphatic hydroxyl groups excluding tert-OH is 1. The molecule has 3 rings (SSSR count). The molecule has 5 nitrogen and oxygen atoms in total. The molecule has 0 amide bonds. The second-order valence-corrected chi connectivity index (χ2v) is 6.24. The van der Waals surface area contributed by atoms with E-state index in [-0.39, 0.29) is 29.9 Å². The van der Waals surface area contributed by atoms with E-state index in [0.29, 0.717) is 34.1 Å². The summed E-state index contributed by atoms with van der Waals surface area (Å²) < 4.78 is 5.80. The van der Waals surface area contributed by atoms with Gasteiger partial charge in [0.05, 0.1) is 23.1 Å². The fraction of sp³-hybridized carbons (Fsp3) is 0.467. The molecule has 1 fully saturated rings. The highest BCUT2D eigenvalue weighted by molar-refractivity contribution is 6.44. The van der Waals surface area contributed by atoms with Crippen LogP contribution in [0, 0.1) is 5.92 Å². The molecule has 1 aliphatic rings. The van der Waals surface area contributed by atoms with Crippen LogP contribution in [0.2, 0.25) is 10.0 Å². The number of carbonyl (C=O) groups excluding carboxylic acids is 1. The van der Waals surface area contributed by atoms with E-state index in [2.05, 4.69) is 9.97 Å². The number of benzene rings is 1. The molecule has 1 heterocycles. The molecule has 0 aliphatic heterocycles.